The first kappa shape index (κ1) is 15.3. The van der Waals surface area contributed by atoms with Crippen LogP contribution in [-0.4, -0.2) is 17.9 Å². The van der Waals surface area contributed by atoms with E-state index in [0.29, 0.717) is 30.0 Å². The van der Waals surface area contributed by atoms with Crippen LogP contribution in [-0.2, 0) is 14.4 Å². The smallest absolute Gasteiger partial charge is 0.155 e. The van der Waals surface area contributed by atoms with Crippen LogP contribution in [0.15, 0.2) is 11.6 Å². The number of Topliss-reactive ketones (excluding diaryl/α,β-unsaturated/α-hetero) is 1. The second-order valence-electron chi connectivity index (χ2n) is 8.63. The third kappa shape index (κ3) is 1.79. The molecule has 4 rings (SSSR count). The zero-order valence-electron chi connectivity index (χ0n) is 14.1. The molecule has 124 valence electrons. The molecule has 0 heterocycles. The van der Waals surface area contributed by atoms with Crippen molar-refractivity contribution < 1.29 is 14.4 Å². The molecule has 3 heteroatoms. The minimum atomic E-state index is -0.441. The summed E-state index contributed by atoms with van der Waals surface area (Å²) >= 11 is 0. The Morgan fingerprint density at radius 1 is 1.13 bits per heavy atom. The van der Waals surface area contributed by atoms with Crippen LogP contribution in [0.3, 0.4) is 0 Å². The maximum absolute atomic E-state index is 12.4. The average Bonchev–Trinajstić information content (AvgIpc) is 2.82. The molecule has 0 amide bonds. The molecule has 3 fully saturated rings. The predicted octanol–water partition coefficient (Wildman–Crippen LogP) is 3.51. The van der Waals surface area contributed by atoms with E-state index in [9.17, 15) is 14.4 Å². The van der Waals surface area contributed by atoms with E-state index in [1.165, 1.54) is 6.29 Å². The Bertz CT molecular complexity index is 618. The molecule has 0 N–H and O–H groups in total. The normalized spacial score (nSPS) is 49.0. The lowest BCUT2D eigenvalue weighted by Crippen LogP contribution is -2.55. The molecule has 0 spiro atoms. The maximum Gasteiger partial charge on any atom is 0.155 e. The Balaban J connectivity index is 1.78. The fourth-order valence-electron chi connectivity index (χ4n) is 6.71. The van der Waals surface area contributed by atoms with Gasteiger partial charge in [-0.1, -0.05) is 19.4 Å². The topological polar surface area (TPSA) is 51.2 Å². The lowest BCUT2D eigenvalue weighted by molar-refractivity contribution is -0.139. The molecule has 0 aromatic rings. The minimum absolute atomic E-state index is 0.0989. The van der Waals surface area contributed by atoms with Gasteiger partial charge in [0.1, 0.15) is 12.1 Å². The number of ketones is 2. The van der Waals surface area contributed by atoms with Crippen LogP contribution in [0.25, 0.3) is 0 Å². The van der Waals surface area contributed by atoms with E-state index in [1.807, 2.05) is 0 Å². The van der Waals surface area contributed by atoms with E-state index in [4.69, 9.17) is 0 Å². The van der Waals surface area contributed by atoms with Crippen molar-refractivity contribution in [3.8, 4) is 0 Å². The summed E-state index contributed by atoms with van der Waals surface area (Å²) in [5, 5.41) is 0. The largest absolute Gasteiger partial charge is 0.302 e. The number of rotatable bonds is 1. The van der Waals surface area contributed by atoms with Crippen LogP contribution in [0.4, 0.5) is 0 Å². The minimum Gasteiger partial charge on any atom is -0.302 e. The molecule has 3 saturated carbocycles. The van der Waals surface area contributed by atoms with Crippen LogP contribution in [0.2, 0.25) is 0 Å². The van der Waals surface area contributed by atoms with Crippen LogP contribution in [0.5, 0.6) is 0 Å². The highest BCUT2D eigenvalue weighted by molar-refractivity contribution is 5.94. The number of hydrogen-bond donors (Lipinski definition) is 0. The molecule has 0 aromatic heterocycles. The fraction of sp³-hybridized carbons (Fsp3) is 0.750. The van der Waals surface area contributed by atoms with E-state index < -0.39 is 5.41 Å². The van der Waals surface area contributed by atoms with E-state index in [-0.39, 0.29) is 17.1 Å². The van der Waals surface area contributed by atoms with Crippen molar-refractivity contribution in [2.75, 3.05) is 0 Å². The van der Waals surface area contributed by atoms with Crippen molar-refractivity contribution in [2.24, 2.45) is 34.5 Å². The van der Waals surface area contributed by atoms with Gasteiger partial charge in [-0.3, -0.25) is 9.59 Å². The predicted molar refractivity (Wildman–Crippen MR) is 86.7 cm³/mol. The average molecular weight is 314 g/mol. The number of allylic oxidation sites excluding steroid dienone is 1. The van der Waals surface area contributed by atoms with Gasteiger partial charge in [0.25, 0.3) is 0 Å². The first-order chi connectivity index (χ1) is 10.9. The Hall–Kier alpha value is -1.25. The summed E-state index contributed by atoms with van der Waals surface area (Å²) in [6.45, 7) is 4.24. The summed E-state index contributed by atoms with van der Waals surface area (Å²) in [6.07, 6.45) is 8.93. The molecule has 4 aliphatic rings. The standard InChI is InChI=1S/C20H26O3/c1-12-9-14(22)10-13-3-4-15-16-5-6-18(23)19(16,2)8-7-17(15)20(12,13)11-21/h10-12,15-17H,3-9H2,1-2H3/t12?,15-,16-,17+,19-,20-/m0/s1. The lowest BCUT2D eigenvalue weighted by Gasteiger charge is -2.57. The number of fused-ring (bicyclic) bond motifs is 5. The zero-order valence-corrected chi connectivity index (χ0v) is 14.1. The van der Waals surface area contributed by atoms with Crippen molar-refractivity contribution in [3.63, 3.8) is 0 Å². The SMILES string of the molecule is CC1CC(=O)C=C2CC[C@@H]3[C@@H](CC[C@]4(C)C(=O)CC[C@@H]34)[C@]21C=O. The second-order valence-corrected chi connectivity index (χ2v) is 8.63. The first-order valence-electron chi connectivity index (χ1n) is 9.17. The molecule has 6 atom stereocenters. The molecule has 0 aromatic carbocycles. The van der Waals surface area contributed by atoms with Gasteiger partial charge in [-0.2, -0.15) is 0 Å². The van der Waals surface area contributed by atoms with Crippen molar-refractivity contribution in [3.05, 3.63) is 11.6 Å². The molecule has 1 unspecified atom stereocenters. The van der Waals surface area contributed by atoms with Crippen molar-refractivity contribution in [1.82, 2.24) is 0 Å². The number of aldehydes is 1. The summed E-state index contributed by atoms with van der Waals surface area (Å²) in [5.41, 5.74) is 0.495. The highest BCUT2D eigenvalue weighted by atomic mass is 16.1. The summed E-state index contributed by atoms with van der Waals surface area (Å²) in [6, 6.07) is 0. The van der Waals surface area contributed by atoms with E-state index in [2.05, 4.69) is 13.8 Å². The van der Waals surface area contributed by atoms with Gasteiger partial charge in [0.2, 0.25) is 0 Å². The van der Waals surface area contributed by atoms with Crippen molar-refractivity contribution in [1.29, 1.82) is 0 Å². The Morgan fingerprint density at radius 3 is 2.65 bits per heavy atom. The first-order valence-corrected chi connectivity index (χ1v) is 9.17. The van der Waals surface area contributed by atoms with Crippen LogP contribution in [0, 0.1) is 34.5 Å². The summed E-state index contributed by atoms with van der Waals surface area (Å²) in [7, 11) is 0. The van der Waals surface area contributed by atoms with E-state index in [0.717, 1.165) is 44.1 Å². The Morgan fingerprint density at radius 2 is 1.91 bits per heavy atom. The molecular weight excluding hydrogens is 288 g/mol. The molecule has 0 radical (unpaired) electrons. The van der Waals surface area contributed by atoms with Crippen molar-refractivity contribution in [2.45, 2.75) is 58.8 Å². The molecule has 0 bridgehead atoms. The van der Waals surface area contributed by atoms with Gasteiger partial charge in [-0.05, 0) is 61.9 Å². The molecule has 0 aliphatic heterocycles. The molecule has 23 heavy (non-hydrogen) atoms. The highest BCUT2D eigenvalue weighted by Crippen LogP contribution is 2.64. The van der Waals surface area contributed by atoms with Gasteiger partial charge < -0.3 is 4.79 Å². The number of hydrogen-bond acceptors (Lipinski definition) is 3. The summed E-state index contributed by atoms with van der Waals surface area (Å²) in [4.78, 5) is 36.7. The Kier molecular flexibility index (Phi) is 3.24. The maximum atomic E-state index is 12.4. The van der Waals surface area contributed by atoms with E-state index in [1.54, 1.807) is 6.08 Å². The summed E-state index contributed by atoms with van der Waals surface area (Å²) in [5.74, 6) is 1.96. The van der Waals surface area contributed by atoms with Gasteiger partial charge in [0.15, 0.2) is 5.78 Å². The van der Waals surface area contributed by atoms with Crippen LogP contribution < -0.4 is 0 Å². The van der Waals surface area contributed by atoms with Crippen LogP contribution >= 0.6 is 0 Å². The summed E-state index contributed by atoms with van der Waals surface area (Å²) < 4.78 is 0. The van der Waals surface area contributed by atoms with Gasteiger partial charge in [-0.25, -0.2) is 0 Å². The quantitative estimate of drug-likeness (QED) is 0.696. The number of carbonyl (C=O) groups excluding carboxylic acids is 3. The molecule has 4 aliphatic carbocycles. The fourth-order valence-corrected chi connectivity index (χ4v) is 6.71. The van der Waals surface area contributed by atoms with Gasteiger partial charge in [0.05, 0.1) is 5.41 Å². The number of carbonyl (C=O) groups is 3. The molecular formula is C20H26O3. The third-order valence-corrected chi connectivity index (χ3v) is 7.92. The third-order valence-electron chi connectivity index (χ3n) is 7.92. The van der Waals surface area contributed by atoms with Crippen molar-refractivity contribution >= 4 is 17.9 Å². The highest BCUT2D eigenvalue weighted by Gasteiger charge is 2.61. The Labute approximate surface area is 137 Å². The van der Waals surface area contributed by atoms with E-state index >= 15 is 0 Å². The van der Waals surface area contributed by atoms with Gasteiger partial charge in [-0.15, -0.1) is 0 Å². The monoisotopic (exact) mass is 314 g/mol. The van der Waals surface area contributed by atoms with Gasteiger partial charge in [0, 0.05) is 18.3 Å². The molecule has 3 nitrogen and oxygen atoms in total. The van der Waals surface area contributed by atoms with Crippen LogP contribution in [0.1, 0.15) is 58.8 Å². The van der Waals surface area contributed by atoms with Gasteiger partial charge >= 0.3 is 0 Å². The second kappa shape index (κ2) is 4.87. The zero-order chi connectivity index (χ0) is 16.4. The lowest BCUT2D eigenvalue weighted by atomic mass is 9.45. The molecule has 0 saturated heterocycles.